The number of carbonyl (C=O) groups is 1. The molecule has 1 atom stereocenters. The Bertz CT molecular complexity index is 999. The molecule has 7 heteroatoms. The van der Waals surface area contributed by atoms with Crippen molar-refractivity contribution in [3.8, 4) is 11.3 Å². The predicted octanol–water partition coefficient (Wildman–Crippen LogP) is 3.79. The Morgan fingerprint density at radius 3 is 2.93 bits per heavy atom. The van der Waals surface area contributed by atoms with Gasteiger partial charge in [-0.05, 0) is 38.8 Å². The maximum absolute atomic E-state index is 12.5. The zero-order valence-corrected chi connectivity index (χ0v) is 16.9. The fourth-order valence-corrected chi connectivity index (χ4v) is 3.97. The number of aromatic nitrogens is 3. The van der Waals surface area contributed by atoms with Gasteiger partial charge in [0.05, 0.1) is 16.6 Å². The maximum atomic E-state index is 12.5. The Labute approximate surface area is 169 Å². The van der Waals surface area contributed by atoms with Gasteiger partial charge in [0.15, 0.2) is 5.82 Å². The second-order valence-corrected chi connectivity index (χ2v) is 7.95. The van der Waals surface area contributed by atoms with Gasteiger partial charge in [0, 0.05) is 37.1 Å². The van der Waals surface area contributed by atoms with Crippen LogP contribution >= 0.6 is 11.6 Å². The number of halogens is 1. The fraction of sp³-hybridized carbons (Fsp3) is 0.381. The first-order valence-corrected chi connectivity index (χ1v) is 10.1. The van der Waals surface area contributed by atoms with E-state index in [9.17, 15) is 4.79 Å². The zero-order chi connectivity index (χ0) is 19.7. The van der Waals surface area contributed by atoms with Gasteiger partial charge in [-0.15, -0.1) is 0 Å². The topological polar surface area (TPSA) is 62.5 Å². The molecule has 4 rings (SSSR count). The molecular weight excluding hydrogens is 374 g/mol. The van der Waals surface area contributed by atoms with Crippen molar-refractivity contribution in [1.82, 2.24) is 19.9 Å². The Balaban J connectivity index is 1.65. The van der Waals surface area contributed by atoms with Crippen LogP contribution < -0.4 is 10.2 Å². The SMILES string of the molecule is CC(C)NC(=O)[C@H]1CCCN(c2nccn3nc(-c4ccccc4Cl)cc23)C1. The molecule has 146 valence electrons. The van der Waals surface area contributed by atoms with Crippen molar-refractivity contribution in [1.29, 1.82) is 0 Å². The van der Waals surface area contributed by atoms with E-state index in [1.54, 1.807) is 6.20 Å². The monoisotopic (exact) mass is 397 g/mol. The summed E-state index contributed by atoms with van der Waals surface area (Å²) in [6.45, 7) is 5.52. The summed E-state index contributed by atoms with van der Waals surface area (Å²) >= 11 is 6.35. The van der Waals surface area contributed by atoms with Gasteiger partial charge in [0.1, 0.15) is 5.52 Å². The molecular formula is C21H24ClN5O. The van der Waals surface area contributed by atoms with Gasteiger partial charge < -0.3 is 10.2 Å². The number of nitrogens with zero attached hydrogens (tertiary/aromatic N) is 4. The summed E-state index contributed by atoms with van der Waals surface area (Å²) in [5, 5.41) is 8.38. The molecule has 1 fully saturated rings. The average molecular weight is 398 g/mol. The van der Waals surface area contributed by atoms with E-state index in [2.05, 4.69) is 20.3 Å². The zero-order valence-electron chi connectivity index (χ0n) is 16.1. The first-order valence-electron chi connectivity index (χ1n) is 9.67. The smallest absolute Gasteiger partial charge is 0.225 e. The van der Waals surface area contributed by atoms with Crippen LogP contribution in [0.3, 0.4) is 0 Å². The number of carbonyl (C=O) groups excluding carboxylic acids is 1. The summed E-state index contributed by atoms with van der Waals surface area (Å²) in [6, 6.07) is 9.85. The number of anilines is 1. The van der Waals surface area contributed by atoms with Crippen LogP contribution in [-0.4, -0.2) is 39.6 Å². The number of hydrogen-bond donors (Lipinski definition) is 1. The van der Waals surface area contributed by atoms with Gasteiger partial charge in [-0.3, -0.25) is 4.79 Å². The molecule has 0 saturated carbocycles. The quantitative estimate of drug-likeness (QED) is 0.727. The maximum Gasteiger partial charge on any atom is 0.225 e. The Morgan fingerprint density at radius 2 is 2.14 bits per heavy atom. The molecule has 0 radical (unpaired) electrons. The Hall–Kier alpha value is -2.60. The van der Waals surface area contributed by atoms with Gasteiger partial charge in [0.25, 0.3) is 0 Å². The number of rotatable bonds is 4. The van der Waals surface area contributed by atoms with Gasteiger partial charge in [-0.2, -0.15) is 5.10 Å². The molecule has 1 saturated heterocycles. The van der Waals surface area contributed by atoms with Crippen molar-refractivity contribution in [2.45, 2.75) is 32.7 Å². The van der Waals surface area contributed by atoms with Gasteiger partial charge in [-0.1, -0.05) is 29.8 Å². The highest BCUT2D eigenvalue weighted by Gasteiger charge is 2.28. The van der Waals surface area contributed by atoms with Crippen molar-refractivity contribution in [3.63, 3.8) is 0 Å². The summed E-state index contributed by atoms with van der Waals surface area (Å²) in [4.78, 5) is 19.3. The molecule has 0 unspecified atom stereocenters. The van der Waals surface area contributed by atoms with Crippen molar-refractivity contribution in [2.24, 2.45) is 5.92 Å². The van der Waals surface area contributed by atoms with Crippen LogP contribution in [0.1, 0.15) is 26.7 Å². The summed E-state index contributed by atoms with van der Waals surface area (Å²) < 4.78 is 1.83. The molecule has 28 heavy (non-hydrogen) atoms. The largest absolute Gasteiger partial charge is 0.354 e. The normalized spacial score (nSPS) is 17.3. The summed E-state index contributed by atoms with van der Waals surface area (Å²) in [7, 11) is 0. The first-order chi connectivity index (χ1) is 13.5. The van der Waals surface area contributed by atoms with E-state index in [1.165, 1.54) is 0 Å². The van der Waals surface area contributed by atoms with Crippen LogP contribution in [0.15, 0.2) is 42.7 Å². The molecule has 1 aliphatic heterocycles. The second-order valence-electron chi connectivity index (χ2n) is 7.54. The summed E-state index contributed by atoms with van der Waals surface area (Å²) in [5.74, 6) is 0.955. The highest BCUT2D eigenvalue weighted by Crippen LogP contribution is 2.31. The first kappa shape index (κ1) is 18.7. The molecule has 0 spiro atoms. The van der Waals surface area contributed by atoms with Crippen molar-refractivity contribution in [2.75, 3.05) is 18.0 Å². The third-order valence-corrected chi connectivity index (χ3v) is 5.37. The minimum Gasteiger partial charge on any atom is -0.354 e. The van der Waals surface area contributed by atoms with Crippen molar-refractivity contribution >= 4 is 28.8 Å². The van der Waals surface area contributed by atoms with Gasteiger partial charge in [0.2, 0.25) is 5.91 Å². The van der Waals surface area contributed by atoms with Crippen LogP contribution in [0, 0.1) is 5.92 Å². The lowest BCUT2D eigenvalue weighted by Crippen LogP contribution is -2.45. The highest BCUT2D eigenvalue weighted by atomic mass is 35.5. The molecule has 2 aromatic heterocycles. The number of amides is 1. The van der Waals surface area contributed by atoms with E-state index in [0.29, 0.717) is 11.6 Å². The van der Waals surface area contributed by atoms with E-state index in [1.807, 2.05) is 54.9 Å². The fourth-order valence-electron chi connectivity index (χ4n) is 3.74. The molecule has 3 heterocycles. The Morgan fingerprint density at radius 1 is 1.32 bits per heavy atom. The number of hydrogen-bond acceptors (Lipinski definition) is 4. The number of piperidine rings is 1. The lowest BCUT2D eigenvalue weighted by atomic mass is 9.96. The molecule has 3 aromatic rings. The van der Waals surface area contributed by atoms with E-state index >= 15 is 0 Å². The molecule has 0 bridgehead atoms. The van der Waals surface area contributed by atoms with E-state index in [0.717, 1.165) is 42.0 Å². The number of fused-ring (bicyclic) bond motifs is 1. The third-order valence-electron chi connectivity index (χ3n) is 5.04. The number of nitrogens with one attached hydrogen (secondary N) is 1. The molecule has 1 aromatic carbocycles. The van der Waals surface area contributed by atoms with Crippen LogP contribution in [-0.2, 0) is 4.79 Å². The van der Waals surface area contributed by atoms with Crippen molar-refractivity contribution in [3.05, 3.63) is 47.7 Å². The minimum absolute atomic E-state index is 0.0239. The Kier molecular flexibility index (Phi) is 5.22. The van der Waals surface area contributed by atoms with Crippen LogP contribution in [0.4, 0.5) is 5.82 Å². The van der Waals surface area contributed by atoms with Gasteiger partial charge in [-0.25, -0.2) is 9.50 Å². The molecule has 1 N–H and O–H groups in total. The van der Waals surface area contributed by atoms with Crippen LogP contribution in [0.25, 0.3) is 16.8 Å². The van der Waals surface area contributed by atoms with Crippen LogP contribution in [0.2, 0.25) is 5.02 Å². The second kappa shape index (κ2) is 7.80. The minimum atomic E-state index is -0.0239. The lowest BCUT2D eigenvalue weighted by Gasteiger charge is -2.33. The van der Waals surface area contributed by atoms with E-state index < -0.39 is 0 Å². The lowest BCUT2D eigenvalue weighted by molar-refractivity contribution is -0.125. The standard InChI is InChI=1S/C21H24ClN5O/c1-14(2)24-21(28)15-6-5-10-26(13-15)20-19-12-18(25-27(19)11-9-23-20)16-7-3-4-8-17(16)22/h3-4,7-9,11-12,14-15H,5-6,10,13H2,1-2H3,(H,24,28)/t15-/m0/s1. The molecule has 6 nitrogen and oxygen atoms in total. The summed E-state index contributed by atoms with van der Waals surface area (Å²) in [5.41, 5.74) is 2.62. The number of benzene rings is 1. The molecule has 1 amide bonds. The third kappa shape index (κ3) is 3.69. The van der Waals surface area contributed by atoms with E-state index in [-0.39, 0.29) is 17.9 Å². The summed E-state index contributed by atoms with van der Waals surface area (Å²) in [6.07, 6.45) is 5.46. The average Bonchev–Trinajstić information content (AvgIpc) is 3.12. The van der Waals surface area contributed by atoms with Gasteiger partial charge >= 0.3 is 0 Å². The van der Waals surface area contributed by atoms with Crippen molar-refractivity contribution < 1.29 is 4.79 Å². The van der Waals surface area contributed by atoms with Crippen LogP contribution in [0.5, 0.6) is 0 Å². The molecule has 0 aliphatic carbocycles. The van der Waals surface area contributed by atoms with E-state index in [4.69, 9.17) is 11.6 Å². The predicted molar refractivity (Wildman–Crippen MR) is 112 cm³/mol. The highest BCUT2D eigenvalue weighted by molar-refractivity contribution is 6.33. The molecule has 1 aliphatic rings.